The van der Waals surface area contributed by atoms with Gasteiger partial charge in [-0.25, -0.2) is 4.79 Å². The fourth-order valence-electron chi connectivity index (χ4n) is 0.805. The second kappa shape index (κ2) is 9.11. The third kappa shape index (κ3) is 7.75. The van der Waals surface area contributed by atoms with Crippen LogP contribution in [-0.4, -0.2) is 32.6 Å². The quantitative estimate of drug-likeness (QED) is 0.311. The van der Waals surface area contributed by atoms with Crippen molar-refractivity contribution in [2.45, 2.75) is 26.4 Å². The van der Waals surface area contributed by atoms with E-state index in [-0.39, 0.29) is 18.9 Å². The summed E-state index contributed by atoms with van der Waals surface area (Å²) in [6.45, 7) is 4.37. The first-order valence-electron chi connectivity index (χ1n) is 4.75. The van der Waals surface area contributed by atoms with Gasteiger partial charge < -0.3 is 14.2 Å². The molecule has 0 bridgehead atoms. The largest absolute Gasteiger partial charge is 0.462 e. The van der Waals surface area contributed by atoms with E-state index in [1.54, 1.807) is 20.1 Å². The Morgan fingerprint density at radius 2 is 2.20 bits per heavy atom. The molecule has 0 aliphatic carbocycles. The summed E-state index contributed by atoms with van der Waals surface area (Å²) in [7, 11) is 1.57. The van der Waals surface area contributed by atoms with Gasteiger partial charge in [0.2, 0.25) is 0 Å². The molecule has 1 atom stereocenters. The minimum Gasteiger partial charge on any atom is -0.462 e. The van der Waals surface area contributed by atoms with Crippen molar-refractivity contribution in [2.75, 3.05) is 20.5 Å². The molecule has 0 radical (unpaired) electrons. The average molecular weight is 328 g/mol. The predicted molar refractivity (Wildman–Crippen MR) is 65.8 cm³/mol. The Morgan fingerprint density at radius 3 is 2.73 bits per heavy atom. The van der Waals surface area contributed by atoms with E-state index in [2.05, 4.69) is 0 Å². The molecule has 0 aliphatic heterocycles. The van der Waals surface area contributed by atoms with E-state index >= 15 is 0 Å². The van der Waals surface area contributed by atoms with E-state index in [1.165, 1.54) is 0 Å². The molecule has 0 fully saturated rings. The molecular formula is C10H17IO4. The van der Waals surface area contributed by atoms with Crippen LogP contribution < -0.4 is 0 Å². The molecule has 0 amide bonds. The fraction of sp³-hybridized carbons (Fsp3) is 0.700. The first-order valence-corrected chi connectivity index (χ1v) is 5.83. The van der Waals surface area contributed by atoms with Crippen molar-refractivity contribution in [3.8, 4) is 0 Å². The van der Waals surface area contributed by atoms with Crippen molar-refractivity contribution < 1.29 is 19.0 Å². The van der Waals surface area contributed by atoms with Gasteiger partial charge in [-0.05, 0) is 42.9 Å². The Balaban J connectivity index is 3.87. The van der Waals surface area contributed by atoms with Gasteiger partial charge >= 0.3 is 5.97 Å². The maximum atomic E-state index is 11.2. The molecule has 0 rings (SSSR count). The van der Waals surface area contributed by atoms with E-state index in [4.69, 9.17) is 14.2 Å². The molecule has 0 aromatic rings. The van der Waals surface area contributed by atoms with Gasteiger partial charge in [0, 0.05) is 7.11 Å². The summed E-state index contributed by atoms with van der Waals surface area (Å²) in [6, 6.07) is 0. The maximum absolute atomic E-state index is 11.2. The molecule has 0 heterocycles. The number of hydrogen-bond donors (Lipinski definition) is 0. The third-order valence-electron chi connectivity index (χ3n) is 1.57. The lowest BCUT2D eigenvalue weighted by Gasteiger charge is -2.09. The zero-order chi connectivity index (χ0) is 11.7. The number of carbonyl (C=O) groups excluding carboxylic acids is 1. The minimum atomic E-state index is -0.281. The molecule has 0 aromatic heterocycles. The standard InChI is InChI=1S/C10H17IO4/c1-4-14-10(12)9(11)6-5-8(2)15-7-13-3/h6,8H,4-5,7H2,1-3H3/b9-6-/t8-/m0/s1. The van der Waals surface area contributed by atoms with Crippen LogP contribution in [0.4, 0.5) is 0 Å². The van der Waals surface area contributed by atoms with Crippen LogP contribution in [0.3, 0.4) is 0 Å². The lowest BCUT2D eigenvalue weighted by molar-refractivity contribution is -0.137. The van der Waals surface area contributed by atoms with E-state index in [0.717, 1.165) is 0 Å². The lowest BCUT2D eigenvalue weighted by Crippen LogP contribution is -2.10. The van der Waals surface area contributed by atoms with Gasteiger partial charge in [0.25, 0.3) is 0 Å². The monoisotopic (exact) mass is 328 g/mol. The van der Waals surface area contributed by atoms with Crippen LogP contribution in [0.5, 0.6) is 0 Å². The Labute approximate surface area is 104 Å². The van der Waals surface area contributed by atoms with Gasteiger partial charge in [-0.3, -0.25) is 0 Å². The summed E-state index contributed by atoms with van der Waals surface area (Å²) in [5, 5.41) is 0. The molecule has 0 N–H and O–H groups in total. The van der Waals surface area contributed by atoms with Crippen LogP contribution in [0.2, 0.25) is 0 Å². The number of esters is 1. The van der Waals surface area contributed by atoms with Crippen molar-refractivity contribution in [2.24, 2.45) is 0 Å². The molecule has 0 saturated heterocycles. The summed E-state index contributed by atoms with van der Waals surface area (Å²) in [5.41, 5.74) is 0. The normalized spacial score (nSPS) is 13.7. The molecule has 5 heteroatoms. The van der Waals surface area contributed by atoms with Crippen LogP contribution >= 0.6 is 22.6 Å². The van der Waals surface area contributed by atoms with Crippen LogP contribution in [0.1, 0.15) is 20.3 Å². The van der Waals surface area contributed by atoms with Gasteiger partial charge in [-0.2, -0.15) is 0 Å². The Kier molecular flexibility index (Phi) is 9.03. The van der Waals surface area contributed by atoms with E-state index < -0.39 is 0 Å². The van der Waals surface area contributed by atoms with Crippen molar-refractivity contribution in [3.05, 3.63) is 9.66 Å². The van der Waals surface area contributed by atoms with E-state index in [1.807, 2.05) is 29.5 Å². The maximum Gasteiger partial charge on any atom is 0.344 e. The highest BCUT2D eigenvalue weighted by Crippen LogP contribution is 2.11. The number of carbonyl (C=O) groups is 1. The Bertz CT molecular complexity index is 215. The van der Waals surface area contributed by atoms with Crippen LogP contribution in [0.15, 0.2) is 9.66 Å². The van der Waals surface area contributed by atoms with Gasteiger partial charge in [0.15, 0.2) is 0 Å². The van der Waals surface area contributed by atoms with Gasteiger partial charge in [0.05, 0.1) is 16.3 Å². The first-order chi connectivity index (χ1) is 7.11. The number of halogens is 1. The average Bonchev–Trinajstić information content (AvgIpc) is 2.23. The molecule has 88 valence electrons. The van der Waals surface area contributed by atoms with Crippen molar-refractivity contribution in [1.82, 2.24) is 0 Å². The molecule has 15 heavy (non-hydrogen) atoms. The van der Waals surface area contributed by atoms with Crippen molar-refractivity contribution in [1.29, 1.82) is 0 Å². The minimum absolute atomic E-state index is 0.0316. The second-order valence-electron chi connectivity index (χ2n) is 2.89. The summed E-state index contributed by atoms with van der Waals surface area (Å²) < 4.78 is 15.5. The highest BCUT2D eigenvalue weighted by atomic mass is 127. The van der Waals surface area contributed by atoms with Crippen molar-refractivity contribution >= 4 is 28.6 Å². The zero-order valence-electron chi connectivity index (χ0n) is 9.29. The SMILES string of the molecule is CCOC(=O)/C(I)=C/C[C@H](C)OCOC. The fourth-order valence-corrected chi connectivity index (χ4v) is 1.22. The van der Waals surface area contributed by atoms with E-state index in [9.17, 15) is 4.79 Å². The molecular weight excluding hydrogens is 311 g/mol. The summed E-state index contributed by atoms with van der Waals surface area (Å²) in [4.78, 5) is 11.2. The topological polar surface area (TPSA) is 44.8 Å². The Morgan fingerprint density at radius 1 is 1.53 bits per heavy atom. The van der Waals surface area contributed by atoms with Crippen LogP contribution in [0, 0.1) is 0 Å². The van der Waals surface area contributed by atoms with Gasteiger partial charge in [-0.1, -0.05) is 6.08 Å². The highest BCUT2D eigenvalue weighted by Gasteiger charge is 2.07. The number of methoxy groups -OCH3 is 1. The molecule has 0 aromatic carbocycles. The summed E-state index contributed by atoms with van der Waals surface area (Å²) in [5.74, 6) is -0.281. The third-order valence-corrected chi connectivity index (χ3v) is 2.45. The molecule has 0 unspecified atom stereocenters. The summed E-state index contributed by atoms with van der Waals surface area (Å²) in [6.07, 6.45) is 2.50. The molecule has 4 nitrogen and oxygen atoms in total. The van der Waals surface area contributed by atoms with E-state index in [0.29, 0.717) is 16.6 Å². The molecule has 0 spiro atoms. The lowest BCUT2D eigenvalue weighted by atomic mass is 10.2. The van der Waals surface area contributed by atoms with Crippen LogP contribution in [-0.2, 0) is 19.0 Å². The van der Waals surface area contributed by atoms with Crippen molar-refractivity contribution in [3.63, 3.8) is 0 Å². The van der Waals surface area contributed by atoms with Crippen LogP contribution in [0.25, 0.3) is 0 Å². The summed E-state index contributed by atoms with van der Waals surface area (Å²) >= 11 is 1.96. The molecule has 0 aliphatic rings. The number of ether oxygens (including phenoxy) is 3. The molecule has 0 saturated carbocycles. The second-order valence-corrected chi connectivity index (χ2v) is 4.05. The van der Waals surface area contributed by atoms with Gasteiger partial charge in [0.1, 0.15) is 6.79 Å². The Hall–Kier alpha value is -0.140. The van der Waals surface area contributed by atoms with Gasteiger partial charge in [-0.15, -0.1) is 0 Å². The zero-order valence-corrected chi connectivity index (χ0v) is 11.4. The smallest absolute Gasteiger partial charge is 0.344 e. The number of rotatable bonds is 7. The number of hydrogen-bond acceptors (Lipinski definition) is 4. The predicted octanol–water partition coefficient (Wildman–Crippen LogP) is 2.27. The first kappa shape index (κ1) is 14.9. The highest BCUT2D eigenvalue weighted by molar-refractivity contribution is 14.1.